The summed E-state index contributed by atoms with van der Waals surface area (Å²) >= 11 is 0. The molecule has 2 aliphatic heterocycles. The van der Waals surface area contributed by atoms with Gasteiger partial charge in [0.1, 0.15) is 10.6 Å². The first-order valence-corrected chi connectivity index (χ1v) is 8.16. The van der Waals surface area contributed by atoms with E-state index >= 15 is 0 Å². The second-order valence-corrected chi connectivity index (χ2v) is 6.89. The molecule has 0 unspecified atom stereocenters. The Bertz CT molecular complexity index is 577. The smallest absolute Gasteiger partial charge is 0.244 e. The fraction of sp³-hybridized carbons (Fsp3) is 0.538. The minimum Gasteiger partial charge on any atom is -0.365 e. The van der Waals surface area contributed by atoms with Crippen LogP contribution in [0.1, 0.15) is 19.8 Å². The number of fused-ring (bicyclic) bond motifs is 1. The van der Waals surface area contributed by atoms with Crippen LogP contribution in [-0.4, -0.2) is 38.6 Å². The van der Waals surface area contributed by atoms with Gasteiger partial charge >= 0.3 is 0 Å². The minimum atomic E-state index is -3.41. The average molecular weight is 281 g/mol. The Morgan fingerprint density at radius 2 is 1.95 bits per heavy atom. The van der Waals surface area contributed by atoms with Crippen molar-refractivity contribution < 1.29 is 8.42 Å². The summed E-state index contributed by atoms with van der Waals surface area (Å²) in [7, 11) is -3.41. The summed E-state index contributed by atoms with van der Waals surface area (Å²) in [6.45, 7) is 4.97. The molecule has 0 saturated carbocycles. The molecule has 2 heterocycles. The van der Waals surface area contributed by atoms with E-state index in [1.54, 1.807) is 12.1 Å². The number of likely N-dealkylation sites (tertiary alicyclic amines) is 1. The molecule has 3 rings (SSSR count). The van der Waals surface area contributed by atoms with Gasteiger partial charge in [0.25, 0.3) is 0 Å². The van der Waals surface area contributed by atoms with Crippen LogP contribution >= 0.6 is 0 Å². The number of sulfonamides is 1. The Labute approximate surface area is 114 Å². The number of hydrogen-bond acceptors (Lipinski definition) is 4. The lowest BCUT2D eigenvalue weighted by molar-refractivity contribution is 0.172. The lowest BCUT2D eigenvalue weighted by Gasteiger charge is -2.45. The molecule has 1 fully saturated rings. The van der Waals surface area contributed by atoms with Crippen molar-refractivity contribution in [1.82, 2.24) is 9.62 Å². The number of nitrogens with zero attached hydrogens (tertiary/aromatic N) is 1. The molecule has 2 aliphatic rings. The van der Waals surface area contributed by atoms with Gasteiger partial charge < -0.3 is 10.2 Å². The zero-order valence-corrected chi connectivity index (χ0v) is 11.8. The molecule has 5 nitrogen and oxygen atoms in total. The summed E-state index contributed by atoms with van der Waals surface area (Å²) in [5.74, 6) is 0. The summed E-state index contributed by atoms with van der Waals surface area (Å²) in [6.07, 6.45) is 1.57. The summed E-state index contributed by atoms with van der Waals surface area (Å²) in [5, 5.41) is 3.40. The molecule has 0 aromatic heterocycles. The highest BCUT2D eigenvalue weighted by Gasteiger charge is 2.42. The molecule has 1 saturated heterocycles. The lowest BCUT2D eigenvalue weighted by atomic mass is 9.97. The van der Waals surface area contributed by atoms with Crippen molar-refractivity contribution >= 4 is 15.7 Å². The number of nitrogens with one attached hydrogen (secondary N) is 2. The van der Waals surface area contributed by atoms with Gasteiger partial charge in [0.15, 0.2) is 0 Å². The fourth-order valence-corrected chi connectivity index (χ4v) is 4.42. The molecule has 0 aliphatic carbocycles. The van der Waals surface area contributed by atoms with Gasteiger partial charge in [-0.1, -0.05) is 19.1 Å². The zero-order chi connectivity index (χ0) is 13.5. The van der Waals surface area contributed by atoms with Crippen LogP contribution in [0.3, 0.4) is 0 Å². The van der Waals surface area contributed by atoms with E-state index in [2.05, 4.69) is 21.9 Å². The van der Waals surface area contributed by atoms with Crippen LogP contribution < -0.4 is 10.0 Å². The normalized spacial score (nSPS) is 24.7. The van der Waals surface area contributed by atoms with Crippen molar-refractivity contribution in [2.45, 2.75) is 30.3 Å². The van der Waals surface area contributed by atoms with E-state index in [1.165, 1.54) is 0 Å². The van der Waals surface area contributed by atoms with E-state index < -0.39 is 15.7 Å². The number of rotatable bonds is 1. The Hall–Kier alpha value is -1.11. The highest BCUT2D eigenvalue weighted by atomic mass is 32.2. The van der Waals surface area contributed by atoms with Gasteiger partial charge in [-0.15, -0.1) is 0 Å². The lowest BCUT2D eigenvalue weighted by Crippen LogP contribution is -2.61. The molecule has 1 aromatic rings. The van der Waals surface area contributed by atoms with Crippen molar-refractivity contribution in [3.63, 3.8) is 0 Å². The van der Waals surface area contributed by atoms with Gasteiger partial charge in [0, 0.05) is 13.1 Å². The molecule has 104 valence electrons. The van der Waals surface area contributed by atoms with Crippen LogP contribution in [-0.2, 0) is 10.0 Å². The molecule has 0 amide bonds. The van der Waals surface area contributed by atoms with E-state index in [0.29, 0.717) is 10.6 Å². The van der Waals surface area contributed by atoms with Gasteiger partial charge in [0.05, 0.1) is 5.69 Å². The third kappa shape index (κ3) is 2.24. The third-order valence-electron chi connectivity index (χ3n) is 4.04. The third-order valence-corrected chi connectivity index (χ3v) is 5.63. The Morgan fingerprint density at radius 3 is 2.63 bits per heavy atom. The number of anilines is 1. The fourth-order valence-electron chi connectivity index (χ4n) is 2.88. The Morgan fingerprint density at radius 1 is 1.26 bits per heavy atom. The van der Waals surface area contributed by atoms with Gasteiger partial charge in [-0.05, 0) is 31.5 Å². The van der Waals surface area contributed by atoms with Crippen LogP contribution in [0.5, 0.6) is 0 Å². The van der Waals surface area contributed by atoms with Crippen LogP contribution in [0.2, 0.25) is 0 Å². The minimum absolute atomic E-state index is 0.346. The van der Waals surface area contributed by atoms with Crippen LogP contribution in [0.15, 0.2) is 29.2 Å². The molecule has 1 spiro atoms. The average Bonchev–Trinajstić information content (AvgIpc) is 2.39. The summed E-state index contributed by atoms with van der Waals surface area (Å²) in [4.78, 5) is 2.68. The van der Waals surface area contributed by atoms with E-state index in [0.717, 1.165) is 32.5 Å². The van der Waals surface area contributed by atoms with Crippen molar-refractivity contribution in [2.24, 2.45) is 0 Å². The molecule has 2 N–H and O–H groups in total. The van der Waals surface area contributed by atoms with Crippen molar-refractivity contribution in [2.75, 3.05) is 25.0 Å². The van der Waals surface area contributed by atoms with Gasteiger partial charge in [0.2, 0.25) is 10.0 Å². The highest BCUT2D eigenvalue weighted by molar-refractivity contribution is 7.89. The van der Waals surface area contributed by atoms with E-state index in [9.17, 15) is 8.42 Å². The van der Waals surface area contributed by atoms with Crippen molar-refractivity contribution in [3.05, 3.63) is 24.3 Å². The predicted octanol–water partition coefficient (Wildman–Crippen LogP) is 1.20. The monoisotopic (exact) mass is 281 g/mol. The van der Waals surface area contributed by atoms with Crippen molar-refractivity contribution in [3.8, 4) is 0 Å². The second-order valence-electron chi connectivity index (χ2n) is 5.24. The first-order valence-electron chi connectivity index (χ1n) is 6.68. The van der Waals surface area contributed by atoms with E-state index in [4.69, 9.17) is 0 Å². The zero-order valence-electron chi connectivity index (χ0n) is 11.0. The molecule has 6 heteroatoms. The maximum atomic E-state index is 12.3. The first kappa shape index (κ1) is 12.9. The van der Waals surface area contributed by atoms with Crippen LogP contribution in [0.4, 0.5) is 5.69 Å². The van der Waals surface area contributed by atoms with Gasteiger partial charge in [-0.3, -0.25) is 0 Å². The summed E-state index contributed by atoms with van der Waals surface area (Å²) in [5.41, 5.74) is 0.199. The molecule has 0 radical (unpaired) electrons. The Kier molecular flexibility index (Phi) is 3.03. The van der Waals surface area contributed by atoms with Gasteiger partial charge in [-0.25, -0.2) is 8.42 Å². The van der Waals surface area contributed by atoms with Gasteiger partial charge in [-0.2, -0.15) is 4.72 Å². The Balaban J connectivity index is 1.93. The molecule has 0 bridgehead atoms. The van der Waals surface area contributed by atoms with Crippen LogP contribution in [0.25, 0.3) is 0 Å². The SMILES string of the molecule is CCN1CCC2(CC1)Nc1ccccc1S(=O)(=O)N2. The van der Waals surface area contributed by atoms with Crippen LogP contribution in [0, 0.1) is 0 Å². The maximum Gasteiger partial charge on any atom is 0.244 e. The quantitative estimate of drug-likeness (QED) is 0.812. The largest absolute Gasteiger partial charge is 0.365 e. The molecule has 19 heavy (non-hydrogen) atoms. The summed E-state index contributed by atoms with van der Waals surface area (Å²) < 4.78 is 27.5. The highest BCUT2D eigenvalue weighted by Crippen LogP contribution is 2.34. The number of para-hydroxylation sites is 1. The number of hydrogen-bond donors (Lipinski definition) is 2. The second kappa shape index (κ2) is 4.47. The molecule has 0 atom stereocenters. The summed E-state index contributed by atoms with van der Waals surface area (Å²) in [6, 6.07) is 7.08. The van der Waals surface area contributed by atoms with E-state index in [-0.39, 0.29) is 0 Å². The van der Waals surface area contributed by atoms with E-state index in [1.807, 2.05) is 12.1 Å². The van der Waals surface area contributed by atoms with Crippen molar-refractivity contribution in [1.29, 1.82) is 0 Å². The molecule has 1 aromatic carbocycles. The maximum absolute atomic E-state index is 12.3. The predicted molar refractivity (Wildman–Crippen MR) is 74.5 cm³/mol. The molecular weight excluding hydrogens is 262 g/mol. The topological polar surface area (TPSA) is 61.4 Å². The standard InChI is InChI=1S/C13H19N3O2S/c1-2-16-9-7-13(8-10-16)14-11-5-3-4-6-12(11)19(17,18)15-13/h3-6,14-15H,2,7-10H2,1H3. The first-order chi connectivity index (χ1) is 9.05. The number of piperidine rings is 1. The number of benzene rings is 1. The molecular formula is C13H19N3O2S.